The highest BCUT2D eigenvalue weighted by molar-refractivity contribution is 7.99. The predicted molar refractivity (Wildman–Crippen MR) is 86.1 cm³/mol. The van der Waals surface area contributed by atoms with Crippen molar-refractivity contribution in [1.82, 2.24) is 14.9 Å². The Labute approximate surface area is 130 Å². The van der Waals surface area contributed by atoms with E-state index in [4.69, 9.17) is 0 Å². The summed E-state index contributed by atoms with van der Waals surface area (Å²) in [5.74, 6) is 1.76. The molecule has 1 aromatic heterocycles. The molecule has 0 spiro atoms. The SMILES string of the molecule is CCCn1ccnc1C(CSc1ccc(F)cc1)NCC. The lowest BCUT2D eigenvalue weighted by Gasteiger charge is -2.18. The standard InChI is InChI=1S/C16H22FN3S/c1-3-10-20-11-9-19-16(20)15(18-4-2)12-21-14-7-5-13(17)6-8-14/h5-9,11,15,18H,3-4,10,12H2,1-2H3. The fraction of sp³-hybridized carbons (Fsp3) is 0.438. The second-order valence-electron chi connectivity index (χ2n) is 4.85. The van der Waals surface area contributed by atoms with Crippen molar-refractivity contribution in [1.29, 1.82) is 0 Å². The van der Waals surface area contributed by atoms with Crippen LogP contribution >= 0.6 is 11.8 Å². The first-order valence-electron chi connectivity index (χ1n) is 7.37. The zero-order valence-electron chi connectivity index (χ0n) is 12.6. The highest BCUT2D eigenvalue weighted by Gasteiger charge is 2.16. The molecule has 0 radical (unpaired) electrons. The summed E-state index contributed by atoms with van der Waals surface area (Å²) in [6, 6.07) is 6.85. The summed E-state index contributed by atoms with van der Waals surface area (Å²) in [6.45, 7) is 6.15. The van der Waals surface area contributed by atoms with Gasteiger partial charge in [0.05, 0.1) is 6.04 Å². The first-order valence-corrected chi connectivity index (χ1v) is 8.36. The summed E-state index contributed by atoms with van der Waals surface area (Å²) in [4.78, 5) is 5.58. The molecule has 3 nitrogen and oxygen atoms in total. The van der Waals surface area contributed by atoms with Gasteiger partial charge in [0.2, 0.25) is 0 Å². The van der Waals surface area contributed by atoms with Gasteiger partial charge in [0.25, 0.3) is 0 Å². The van der Waals surface area contributed by atoms with Crippen molar-refractivity contribution in [2.75, 3.05) is 12.3 Å². The molecule has 1 aromatic carbocycles. The number of rotatable bonds is 8. The molecule has 0 saturated carbocycles. The van der Waals surface area contributed by atoms with E-state index < -0.39 is 0 Å². The van der Waals surface area contributed by atoms with Crippen LogP contribution in [0.4, 0.5) is 4.39 Å². The molecule has 0 fully saturated rings. The van der Waals surface area contributed by atoms with E-state index >= 15 is 0 Å². The Bertz CT molecular complexity index is 539. The van der Waals surface area contributed by atoms with Gasteiger partial charge in [-0.3, -0.25) is 0 Å². The number of hydrogen-bond acceptors (Lipinski definition) is 3. The number of thioether (sulfide) groups is 1. The van der Waals surface area contributed by atoms with Crippen molar-refractivity contribution < 1.29 is 4.39 Å². The molecule has 1 unspecified atom stereocenters. The molecule has 0 amide bonds. The minimum Gasteiger partial charge on any atom is -0.334 e. The summed E-state index contributed by atoms with van der Waals surface area (Å²) in [6.07, 6.45) is 4.98. The Morgan fingerprint density at radius 3 is 2.71 bits per heavy atom. The number of imidazole rings is 1. The van der Waals surface area contributed by atoms with Crippen LogP contribution < -0.4 is 5.32 Å². The third-order valence-corrected chi connectivity index (χ3v) is 4.31. The predicted octanol–water partition coefficient (Wildman–Crippen LogP) is 3.88. The van der Waals surface area contributed by atoms with Gasteiger partial charge in [-0.2, -0.15) is 0 Å². The monoisotopic (exact) mass is 307 g/mol. The average Bonchev–Trinajstić information content (AvgIpc) is 2.94. The molecule has 21 heavy (non-hydrogen) atoms. The third-order valence-electron chi connectivity index (χ3n) is 3.20. The molecule has 2 rings (SSSR count). The third kappa shape index (κ3) is 4.58. The Morgan fingerprint density at radius 2 is 2.05 bits per heavy atom. The van der Waals surface area contributed by atoms with Gasteiger partial charge >= 0.3 is 0 Å². The maximum Gasteiger partial charge on any atom is 0.126 e. The van der Waals surface area contributed by atoms with E-state index in [1.54, 1.807) is 11.8 Å². The zero-order valence-corrected chi connectivity index (χ0v) is 13.4. The summed E-state index contributed by atoms with van der Waals surface area (Å²) in [7, 11) is 0. The van der Waals surface area contributed by atoms with Crippen LogP contribution in [0, 0.1) is 5.82 Å². The molecule has 5 heteroatoms. The van der Waals surface area contributed by atoms with Crippen molar-refractivity contribution in [3.8, 4) is 0 Å². The van der Waals surface area contributed by atoms with Crippen molar-refractivity contribution in [3.63, 3.8) is 0 Å². The molecular formula is C16H22FN3S. The quantitative estimate of drug-likeness (QED) is 0.751. The van der Waals surface area contributed by atoms with Gasteiger partial charge in [-0.05, 0) is 37.2 Å². The van der Waals surface area contributed by atoms with Crippen molar-refractivity contribution in [2.45, 2.75) is 37.8 Å². The first kappa shape index (κ1) is 16.0. The molecule has 0 aliphatic heterocycles. The highest BCUT2D eigenvalue weighted by Crippen LogP contribution is 2.24. The van der Waals surface area contributed by atoms with E-state index in [0.717, 1.165) is 36.0 Å². The van der Waals surface area contributed by atoms with Gasteiger partial charge in [-0.1, -0.05) is 13.8 Å². The van der Waals surface area contributed by atoms with Crippen LogP contribution in [0.2, 0.25) is 0 Å². The largest absolute Gasteiger partial charge is 0.334 e. The van der Waals surface area contributed by atoms with E-state index in [1.165, 1.54) is 12.1 Å². The number of nitrogens with one attached hydrogen (secondary N) is 1. The normalized spacial score (nSPS) is 12.5. The number of halogens is 1. The second kappa shape index (κ2) is 8.20. The van der Waals surface area contributed by atoms with Crippen LogP contribution in [-0.2, 0) is 6.54 Å². The second-order valence-corrected chi connectivity index (χ2v) is 5.95. The average molecular weight is 307 g/mol. The van der Waals surface area contributed by atoms with Gasteiger partial charge in [-0.15, -0.1) is 11.8 Å². The number of nitrogens with zero attached hydrogens (tertiary/aromatic N) is 2. The van der Waals surface area contributed by atoms with Crippen LogP contribution in [0.25, 0.3) is 0 Å². The van der Waals surface area contributed by atoms with Crippen LogP contribution in [0.15, 0.2) is 41.6 Å². The van der Waals surface area contributed by atoms with Gasteiger partial charge in [0, 0.05) is 29.6 Å². The number of aromatic nitrogens is 2. The molecule has 1 atom stereocenters. The number of aryl methyl sites for hydroxylation is 1. The van der Waals surface area contributed by atoms with Crippen molar-refractivity contribution in [3.05, 3.63) is 48.3 Å². The van der Waals surface area contributed by atoms with Gasteiger partial charge in [0.1, 0.15) is 11.6 Å². The highest BCUT2D eigenvalue weighted by atomic mass is 32.2. The molecule has 0 bridgehead atoms. The van der Waals surface area contributed by atoms with Crippen molar-refractivity contribution >= 4 is 11.8 Å². The van der Waals surface area contributed by atoms with E-state index in [1.807, 2.05) is 24.5 Å². The van der Waals surface area contributed by atoms with Gasteiger partial charge in [-0.25, -0.2) is 9.37 Å². The first-order chi connectivity index (χ1) is 10.2. The Balaban J connectivity index is 2.04. The van der Waals surface area contributed by atoms with Crippen LogP contribution in [0.3, 0.4) is 0 Å². The lowest BCUT2D eigenvalue weighted by molar-refractivity contribution is 0.527. The number of benzene rings is 1. The fourth-order valence-corrected chi connectivity index (χ4v) is 3.20. The molecule has 0 aliphatic carbocycles. The van der Waals surface area contributed by atoms with Crippen LogP contribution in [-0.4, -0.2) is 21.8 Å². The van der Waals surface area contributed by atoms with Crippen LogP contribution in [0.5, 0.6) is 0 Å². The molecule has 1 heterocycles. The van der Waals surface area contributed by atoms with Crippen molar-refractivity contribution in [2.24, 2.45) is 0 Å². The Hall–Kier alpha value is -1.33. The molecule has 2 aromatic rings. The van der Waals surface area contributed by atoms with Gasteiger partial charge in [0.15, 0.2) is 0 Å². The Kier molecular flexibility index (Phi) is 6.26. The van der Waals surface area contributed by atoms with Gasteiger partial charge < -0.3 is 9.88 Å². The summed E-state index contributed by atoms with van der Waals surface area (Å²) >= 11 is 1.72. The minimum absolute atomic E-state index is 0.193. The van der Waals surface area contributed by atoms with Crippen LogP contribution in [0.1, 0.15) is 32.1 Å². The van der Waals surface area contributed by atoms with E-state index in [2.05, 4.69) is 28.7 Å². The number of hydrogen-bond donors (Lipinski definition) is 1. The summed E-state index contributed by atoms with van der Waals surface area (Å²) < 4.78 is 15.1. The molecule has 0 saturated heterocycles. The maximum atomic E-state index is 12.9. The summed E-state index contributed by atoms with van der Waals surface area (Å²) in [5, 5.41) is 3.49. The molecule has 114 valence electrons. The van der Waals surface area contributed by atoms with E-state index in [0.29, 0.717) is 0 Å². The molecule has 0 aliphatic rings. The molecule has 1 N–H and O–H groups in total. The Morgan fingerprint density at radius 1 is 1.29 bits per heavy atom. The smallest absolute Gasteiger partial charge is 0.126 e. The fourth-order valence-electron chi connectivity index (χ4n) is 2.24. The maximum absolute atomic E-state index is 12.9. The zero-order chi connectivity index (χ0) is 15.1. The topological polar surface area (TPSA) is 29.9 Å². The van der Waals surface area contributed by atoms with E-state index in [-0.39, 0.29) is 11.9 Å². The van der Waals surface area contributed by atoms with E-state index in [9.17, 15) is 4.39 Å². The minimum atomic E-state index is -0.193. The lowest BCUT2D eigenvalue weighted by Crippen LogP contribution is -2.26. The lowest BCUT2D eigenvalue weighted by atomic mass is 10.3. The summed E-state index contributed by atoms with van der Waals surface area (Å²) in [5.41, 5.74) is 0. The molecular weight excluding hydrogens is 285 g/mol.